The average Bonchev–Trinajstić information content (AvgIpc) is 2.68. The van der Waals surface area contributed by atoms with Gasteiger partial charge in [-0.05, 0) is 32.8 Å². The molecule has 2 aromatic rings. The van der Waals surface area contributed by atoms with Gasteiger partial charge in [0, 0.05) is 11.3 Å². The minimum absolute atomic E-state index is 0.0165. The van der Waals surface area contributed by atoms with Gasteiger partial charge in [-0.25, -0.2) is 14.8 Å². The summed E-state index contributed by atoms with van der Waals surface area (Å²) >= 11 is 1.53. The van der Waals surface area contributed by atoms with Gasteiger partial charge in [-0.2, -0.15) is 0 Å². The van der Waals surface area contributed by atoms with Gasteiger partial charge in [0.2, 0.25) is 0 Å². The average molecular weight is 323 g/mol. The Morgan fingerprint density at radius 1 is 1.23 bits per heavy atom. The van der Waals surface area contributed by atoms with Gasteiger partial charge in [0.15, 0.2) is 0 Å². The minimum atomic E-state index is -1.10. The number of rotatable bonds is 6. The molecule has 1 unspecified atom stereocenters. The summed E-state index contributed by atoms with van der Waals surface area (Å²) in [4.78, 5) is 32.5. The van der Waals surface area contributed by atoms with Crippen LogP contribution in [0.2, 0.25) is 0 Å². The molecule has 8 heteroatoms. The van der Waals surface area contributed by atoms with Crippen molar-refractivity contribution >= 4 is 39.3 Å². The summed E-state index contributed by atoms with van der Waals surface area (Å²) in [7, 11) is 0. The zero-order chi connectivity index (χ0) is 16.4. The Morgan fingerprint density at radius 2 is 1.91 bits per heavy atom. The van der Waals surface area contributed by atoms with Gasteiger partial charge in [-0.3, -0.25) is 4.79 Å². The van der Waals surface area contributed by atoms with Crippen LogP contribution in [0.5, 0.6) is 0 Å². The number of carboxylic acid groups (broad SMARTS) is 2. The van der Waals surface area contributed by atoms with Crippen LogP contribution < -0.4 is 5.32 Å². The summed E-state index contributed by atoms with van der Waals surface area (Å²) in [5.41, 5.74) is 1.00. The number of aromatic nitrogens is 2. The zero-order valence-corrected chi connectivity index (χ0v) is 13.3. The van der Waals surface area contributed by atoms with E-state index >= 15 is 0 Å². The van der Waals surface area contributed by atoms with Crippen molar-refractivity contribution in [3.63, 3.8) is 0 Å². The Balaban J connectivity index is 2.40. The van der Waals surface area contributed by atoms with E-state index in [1.54, 1.807) is 6.92 Å². The van der Waals surface area contributed by atoms with Crippen molar-refractivity contribution < 1.29 is 19.8 Å². The quantitative estimate of drug-likeness (QED) is 0.748. The van der Waals surface area contributed by atoms with E-state index < -0.39 is 18.0 Å². The maximum absolute atomic E-state index is 11.3. The Bertz CT molecular complexity index is 741. The van der Waals surface area contributed by atoms with Gasteiger partial charge in [0.1, 0.15) is 22.5 Å². The number of nitrogens with one attached hydrogen (secondary N) is 1. The summed E-state index contributed by atoms with van der Waals surface area (Å²) < 4.78 is 0. The third-order valence-corrected chi connectivity index (χ3v) is 4.50. The highest BCUT2D eigenvalue weighted by Crippen LogP contribution is 2.33. The summed E-state index contributed by atoms with van der Waals surface area (Å²) in [5.74, 6) is -1.14. The maximum atomic E-state index is 11.3. The molecule has 0 saturated heterocycles. The van der Waals surface area contributed by atoms with E-state index in [2.05, 4.69) is 15.3 Å². The zero-order valence-electron chi connectivity index (χ0n) is 12.5. The Kier molecular flexibility index (Phi) is 4.60. The largest absolute Gasteiger partial charge is 0.481 e. The molecule has 0 aliphatic carbocycles. The predicted molar refractivity (Wildman–Crippen MR) is 83.5 cm³/mol. The van der Waals surface area contributed by atoms with Crippen LogP contribution in [0.15, 0.2) is 0 Å². The van der Waals surface area contributed by atoms with Crippen LogP contribution in [0.4, 0.5) is 5.82 Å². The van der Waals surface area contributed by atoms with Gasteiger partial charge >= 0.3 is 11.9 Å². The molecule has 0 aliphatic rings. The number of hydrogen-bond donors (Lipinski definition) is 3. The maximum Gasteiger partial charge on any atom is 0.326 e. The van der Waals surface area contributed by atoms with E-state index in [0.29, 0.717) is 11.6 Å². The number of carbonyl (C=O) groups is 2. The number of aryl methyl sites for hydroxylation is 3. The molecule has 7 nitrogen and oxygen atoms in total. The van der Waals surface area contributed by atoms with Crippen molar-refractivity contribution in [3.05, 3.63) is 16.3 Å². The fraction of sp³-hybridized carbons (Fsp3) is 0.429. The minimum Gasteiger partial charge on any atom is -0.481 e. The van der Waals surface area contributed by atoms with Crippen LogP contribution in [0, 0.1) is 20.8 Å². The molecule has 0 fully saturated rings. The molecule has 118 valence electrons. The van der Waals surface area contributed by atoms with Crippen molar-refractivity contribution in [2.75, 3.05) is 5.32 Å². The topological polar surface area (TPSA) is 112 Å². The number of carboxylic acids is 2. The third-order valence-electron chi connectivity index (χ3n) is 3.40. The number of aliphatic carboxylic acids is 2. The van der Waals surface area contributed by atoms with Gasteiger partial charge in [-0.15, -0.1) is 11.3 Å². The van der Waals surface area contributed by atoms with Crippen LogP contribution in [-0.2, 0) is 9.59 Å². The lowest BCUT2D eigenvalue weighted by molar-refractivity contribution is -0.139. The molecule has 22 heavy (non-hydrogen) atoms. The first-order chi connectivity index (χ1) is 10.3. The summed E-state index contributed by atoms with van der Waals surface area (Å²) in [5, 5.41) is 21.7. The van der Waals surface area contributed by atoms with E-state index in [4.69, 9.17) is 5.11 Å². The van der Waals surface area contributed by atoms with Crippen molar-refractivity contribution in [3.8, 4) is 0 Å². The molecule has 0 saturated carbocycles. The molecular weight excluding hydrogens is 306 g/mol. The Hall–Kier alpha value is -2.22. The van der Waals surface area contributed by atoms with Gasteiger partial charge < -0.3 is 15.5 Å². The van der Waals surface area contributed by atoms with Gasteiger partial charge in [-0.1, -0.05) is 0 Å². The van der Waals surface area contributed by atoms with Gasteiger partial charge in [0.05, 0.1) is 5.39 Å². The van der Waals surface area contributed by atoms with E-state index in [0.717, 1.165) is 20.7 Å². The first kappa shape index (κ1) is 16.2. The van der Waals surface area contributed by atoms with Crippen molar-refractivity contribution in [2.24, 2.45) is 0 Å². The van der Waals surface area contributed by atoms with Crippen LogP contribution in [0.1, 0.15) is 29.1 Å². The highest BCUT2D eigenvalue weighted by molar-refractivity contribution is 7.18. The smallest absolute Gasteiger partial charge is 0.326 e. The molecule has 0 amide bonds. The second-order valence-electron chi connectivity index (χ2n) is 5.05. The standard InChI is InChI=1S/C14H17N3O4S/c1-6-7(2)22-13-11(6)12(15-8(3)16-13)17-9(14(20)21)4-5-10(18)19/h9H,4-5H2,1-3H3,(H,18,19)(H,20,21)(H,15,16,17). The molecule has 0 radical (unpaired) electrons. The summed E-state index contributed by atoms with van der Waals surface area (Å²) in [6.45, 7) is 5.65. The predicted octanol–water partition coefficient (Wildman–Crippen LogP) is 2.35. The lowest BCUT2D eigenvalue weighted by Gasteiger charge is -2.15. The molecule has 0 bridgehead atoms. The SMILES string of the molecule is Cc1nc(NC(CCC(=O)O)C(=O)O)c2c(C)c(C)sc2n1. The molecule has 1 atom stereocenters. The molecule has 2 aromatic heterocycles. The number of thiophene rings is 1. The molecule has 2 rings (SSSR count). The second-order valence-corrected chi connectivity index (χ2v) is 6.25. The highest BCUT2D eigenvalue weighted by Gasteiger charge is 2.22. The number of fused-ring (bicyclic) bond motifs is 1. The Morgan fingerprint density at radius 3 is 2.50 bits per heavy atom. The fourth-order valence-electron chi connectivity index (χ4n) is 2.15. The number of nitrogens with zero attached hydrogens (tertiary/aromatic N) is 2. The first-order valence-corrected chi connectivity index (χ1v) is 7.56. The highest BCUT2D eigenvalue weighted by atomic mass is 32.1. The molecule has 3 N–H and O–H groups in total. The number of anilines is 1. The van der Waals surface area contributed by atoms with Crippen LogP contribution in [0.3, 0.4) is 0 Å². The molecular formula is C14H17N3O4S. The van der Waals surface area contributed by atoms with Crippen molar-refractivity contribution in [1.29, 1.82) is 0 Å². The first-order valence-electron chi connectivity index (χ1n) is 6.75. The monoisotopic (exact) mass is 323 g/mol. The molecule has 2 heterocycles. The molecule has 0 aliphatic heterocycles. The normalized spacial score (nSPS) is 12.3. The van der Waals surface area contributed by atoms with Crippen molar-refractivity contribution in [2.45, 2.75) is 39.7 Å². The fourth-order valence-corrected chi connectivity index (χ4v) is 3.23. The Labute approximate surface area is 131 Å². The van der Waals surface area contributed by atoms with Crippen molar-refractivity contribution in [1.82, 2.24) is 9.97 Å². The van der Waals surface area contributed by atoms with Crippen LogP contribution in [-0.4, -0.2) is 38.2 Å². The van der Waals surface area contributed by atoms with E-state index in [-0.39, 0.29) is 12.8 Å². The van der Waals surface area contributed by atoms with E-state index in [1.165, 1.54) is 11.3 Å². The van der Waals surface area contributed by atoms with Crippen LogP contribution in [0.25, 0.3) is 10.2 Å². The summed E-state index contributed by atoms with van der Waals surface area (Å²) in [6.07, 6.45) is -0.240. The van der Waals surface area contributed by atoms with Crippen LogP contribution >= 0.6 is 11.3 Å². The molecule has 0 aromatic carbocycles. The summed E-state index contributed by atoms with van der Waals surface area (Å²) in [6, 6.07) is -1.01. The lowest BCUT2D eigenvalue weighted by atomic mass is 10.1. The lowest BCUT2D eigenvalue weighted by Crippen LogP contribution is -2.30. The van der Waals surface area contributed by atoms with E-state index in [9.17, 15) is 14.7 Å². The molecule has 0 spiro atoms. The second kappa shape index (κ2) is 6.27. The van der Waals surface area contributed by atoms with Gasteiger partial charge in [0.25, 0.3) is 0 Å². The number of hydrogen-bond acceptors (Lipinski definition) is 6. The third kappa shape index (κ3) is 3.33. The van der Waals surface area contributed by atoms with E-state index in [1.807, 2.05) is 13.8 Å².